The van der Waals surface area contributed by atoms with Gasteiger partial charge in [0.05, 0.1) is 10.6 Å². The van der Waals surface area contributed by atoms with Gasteiger partial charge in [0, 0.05) is 8.95 Å². The van der Waals surface area contributed by atoms with Crippen molar-refractivity contribution in [2.75, 3.05) is 0 Å². The second-order valence-corrected chi connectivity index (χ2v) is 4.42. The lowest BCUT2D eigenvalue weighted by atomic mass is 10.2. The Hall–Kier alpha value is 0.430. The molecule has 0 aromatic heterocycles. The Morgan fingerprint density at radius 3 is 2.17 bits per heavy atom. The summed E-state index contributed by atoms with van der Waals surface area (Å²) in [6.07, 6.45) is 0. The smallest absolute Gasteiger partial charge is 0.255 e. The van der Waals surface area contributed by atoms with Gasteiger partial charge in [0.15, 0.2) is 0 Å². The first-order valence-corrected chi connectivity index (χ1v) is 5.21. The maximum absolute atomic E-state index is 10.9. The van der Waals surface area contributed by atoms with Gasteiger partial charge in [0.2, 0.25) is 0 Å². The summed E-state index contributed by atoms with van der Waals surface area (Å²) in [5.41, 5.74) is 0.285. The lowest BCUT2D eigenvalue weighted by Crippen LogP contribution is -1.92. The van der Waals surface area contributed by atoms with Gasteiger partial charge >= 0.3 is 0 Å². The van der Waals surface area contributed by atoms with E-state index in [9.17, 15) is 4.79 Å². The third-order valence-corrected chi connectivity index (χ3v) is 3.37. The maximum Gasteiger partial charge on any atom is 0.255 e. The van der Waals surface area contributed by atoms with E-state index in [0.29, 0.717) is 14.0 Å². The number of halogens is 4. The topological polar surface area (TPSA) is 17.1 Å². The van der Waals surface area contributed by atoms with Crippen LogP contribution in [-0.2, 0) is 0 Å². The first kappa shape index (κ1) is 10.5. The number of carbonyl (C=O) groups is 1. The molecule has 64 valence electrons. The Morgan fingerprint density at radius 2 is 1.75 bits per heavy atom. The molecule has 5 heteroatoms. The first-order chi connectivity index (χ1) is 5.54. The van der Waals surface area contributed by atoms with Crippen molar-refractivity contribution >= 4 is 60.3 Å². The van der Waals surface area contributed by atoms with E-state index in [0.717, 1.165) is 0 Å². The van der Waals surface area contributed by atoms with Gasteiger partial charge in [-0.2, -0.15) is 0 Å². The highest BCUT2D eigenvalue weighted by molar-refractivity contribution is 9.11. The number of hydrogen-bond donors (Lipinski definition) is 0. The second-order valence-electron chi connectivity index (χ2n) is 1.99. The van der Waals surface area contributed by atoms with Gasteiger partial charge in [-0.25, -0.2) is 0 Å². The number of carbonyl (C=O) groups excluding carboxylic acids is 1. The Labute approximate surface area is 96.3 Å². The molecule has 0 saturated carbocycles. The molecule has 12 heavy (non-hydrogen) atoms. The molecule has 1 nitrogen and oxygen atoms in total. The largest absolute Gasteiger partial charge is 0.276 e. The Morgan fingerprint density at radius 1 is 1.25 bits per heavy atom. The molecule has 0 atom stereocenters. The number of benzene rings is 1. The van der Waals surface area contributed by atoms with Crippen LogP contribution in [0.5, 0.6) is 0 Å². The molecule has 0 amide bonds. The fourth-order valence-electron chi connectivity index (χ4n) is 0.707. The molecule has 0 heterocycles. The van der Waals surface area contributed by atoms with E-state index in [1.165, 1.54) is 0 Å². The lowest BCUT2D eigenvalue weighted by molar-refractivity contribution is 0.108. The molecule has 0 aliphatic heterocycles. The van der Waals surface area contributed by atoms with Gasteiger partial charge in [-0.05, 0) is 55.6 Å². The van der Waals surface area contributed by atoms with Crippen molar-refractivity contribution in [2.45, 2.75) is 0 Å². The second kappa shape index (κ2) is 4.09. The van der Waals surface area contributed by atoms with Crippen LogP contribution in [0.4, 0.5) is 0 Å². The molecular weight excluding hydrogens is 331 g/mol. The Bertz CT molecular complexity index is 338. The number of hydrogen-bond acceptors (Lipinski definition) is 1. The van der Waals surface area contributed by atoms with E-state index >= 15 is 0 Å². The van der Waals surface area contributed by atoms with Gasteiger partial charge in [0.25, 0.3) is 5.24 Å². The van der Waals surface area contributed by atoms with Crippen molar-refractivity contribution < 1.29 is 4.79 Å². The normalized spacial score (nSPS) is 10.0. The average Bonchev–Trinajstić information content (AvgIpc) is 1.97. The molecule has 0 spiro atoms. The molecule has 0 saturated heterocycles. The van der Waals surface area contributed by atoms with Crippen molar-refractivity contribution in [3.05, 3.63) is 31.7 Å². The standard InChI is InChI=1S/C7H2Br2Cl2O/c8-3-1-2-4(9)6(10)5(3)7(11)12/h1-2H. The van der Waals surface area contributed by atoms with E-state index in [-0.39, 0.29) is 5.56 Å². The van der Waals surface area contributed by atoms with Crippen LogP contribution in [0.15, 0.2) is 21.1 Å². The molecule has 1 aromatic rings. The van der Waals surface area contributed by atoms with Crippen LogP contribution in [0, 0.1) is 0 Å². The van der Waals surface area contributed by atoms with Crippen LogP contribution >= 0.6 is 55.1 Å². The van der Waals surface area contributed by atoms with Crippen LogP contribution in [0.3, 0.4) is 0 Å². The third-order valence-electron chi connectivity index (χ3n) is 1.24. The van der Waals surface area contributed by atoms with Crippen molar-refractivity contribution in [2.24, 2.45) is 0 Å². The molecule has 0 aliphatic rings. The lowest BCUT2D eigenvalue weighted by Gasteiger charge is -2.02. The van der Waals surface area contributed by atoms with Crippen LogP contribution < -0.4 is 0 Å². The van der Waals surface area contributed by atoms with Crippen LogP contribution in [0.2, 0.25) is 5.02 Å². The van der Waals surface area contributed by atoms with Gasteiger partial charge in [-0.15, -0.1) is 0 Å². The highest BCUT2D eigenvalue weighted by Gasteiger charge is 2.14. The SMILES string of the molecule is O=C(Cl)c1c(Br)ccc(Br)c1Cl. The third kappa shape index (κ3) is 2.02. The fraction of sp³-hybridized carbons (Fsp3) is 0. The predicted molar refractivity (Wildman–Crippen MR) is 57.0 cm³/mol. The van der Waals surface area contributed by atoms with Crippen molar-refractivity contribution in [1.82, 2.24) is 0 Å². The molecule has 1 aromatic carbocycles. The van der Waals surface area contributed by atoms with Gasteiger partial charge in [-0.3, -0.25) is 4.79 Å². The van der Waals surface area contributed by atoms with Crippen molar-refractivity contribution in [3.8, 4) is 0 Å². The van der Waals surface area contributed by atoms with Gasteiger partial charge in [-0.1, -0.05) is 11.6 Å². The zero-order chi connectivity index (χ0) is 9.30. The monoisotopic (exact) mass is 330 g/mol. The average molecular weight is 333 g/mol. The highest BCUT2D eigenvalue weighted by Crippen LogP contribution is 2.32. The minimum atomic E-state index is -0.576. The van der Waals surface area contributed by atoms with Gasteiger partial charge < -0.3 is 0 Å². The molecule has 0 N–H and O–H groups in total. The van der Waals surface area contributed by atoms with E-state index < -0.39 is 5.24 Å². The molecule has 1 rings (SSSR count). The van der Waals surface area contributed by atoms with Crippen molar-refractivity contribution in [3.63, 3.8) is 0 Å². The molecule has 0 radical (unpaired) electrons. The molecule has 0 fully saturated rings. The summed E-state index contributed by atoms with van der Waals surface area (Å²) in [5, 5.41) is -0.252. The first-order valence-electron chi connectivity index (χ1n) is 2.87. The minimum absolute atomic E-state index is 0.285. The van der Waals surface area contributed by atoms with E-state index in [1.54, 1.807) is 12.1 Å². The van der Waals surface area contributed by atoms with Crippen LogP contribution in [0.25, 0.3) is 0 Å². The van der Waals surface area contributed by atoms with E-state index in [4.69, 9.17) is 23.2 Å². The highest BCUT2D eigenvalue weighted by atomic mass is 79.9. The predicted octanol–water partition coefficient (Wildman–Crippen LogP) is 4.24. The Balaban J connectivity index is 3.43. The Kier molecular flexibility index (Phi) is 3.58. The zero-order valence-electron chi connectivity index (χ0n) is 5.57. The molecular formula is C7H2Br2Cl2O. The minimum Gasteiger partial charge on any atom is -0.276 e. The summed E-state index contributed by atoms with van der Waals surface area (Å²) in [6, 6.07) is 3.43. The summed E-state index contributed by atoms with van der Waals surface area (Å²) in [4.78, 5) is 10.9. The van der Waals surface area contributed by atoms with E-state index in [2.05, 4.69) is 31.9 Å². The van der Waals surface area contributed by atoms with Gasteiger partial charge in [0.1, 0.15) is 0 Å². The molecule has 0 aliphatic carbocycles. The summed E-state index contributed by atoms with van der Waals surface area (Å²) in [7, 11) is 0. The molecule has 0 bridgehead atoms. The fourth-order valence-corrected chi connectivity index (χ4v) is 2.27. The summed E-state index contributed by atoms with van der Waals surface area (Å²) >= 11 is 17.5. The van der Waals surface area contributed by atoms with Crippen molar-refractivity contribution in [1.29, 1.82) is 0 Å². The quantitative estimate of drug-likeness (QED) is 0.555. The van der Waals surface area contributed by atoms with E-state index in [1.807, 2.05) is 0 Å². The molecule has 0 unspecified atom stereocenters. The summed E-state index contributed by atoms with van der Waals surface area (Å²) in [6.45, 7) is 0. The maximum atomic E-state index is 10.9. The summed E-state index contributed by atoms with van der Waals surface area (Å²) < 4.78 is 1.24. The summed E-state index contributed by atoms with van der Waals surface area (Å²) in [5.74, 6) is 0. The zero-order valence-corrected chi connectivity index (χ0v) is 10.3. The number of rotatable bonds is 1. The van der Waals surface area contributed by atoms with Crippen LogP contribution in [0.1, 0.15) is 10.4 Å². The van der Waals surface area contributed by atoms with Crippen LogP contribution in [-0.4, -0.2) is 5.24 Å².